The van der Waals surface area contributed by atoms with Gasteiger partial charge in [-0.05, 0) is 18.6 Å². The molecule has 3 nitrogen and oxygen atoms in total. The Morgan fingerprint density at radius 2 is 2.31 bits per heavy atom. The van der Waals surface area contributed by atoms with E-state index in [4.69, 9.17) is 10.5 Å². The molecule has 0 bridgehead atoms. The average Bonchev–Trinajstić information content (AvgIpc) is 2.16. The van der Waals surface area contributed by atoms with Gasteiger partial charge in [-0.15, -0.1) is 0 Å². The number of hydrogen-bond donors (Lipinski definition) is 3. The van der Waals surface area contributed by atoms with Gasteiger partial charge in [0.1, 0.15) is 0 Å². The van der Waals surface area contributed by atoms with E-state index in [1.807, 2.05) is 25.3 Å². The fourth-order valence-electron chi connectivity index (χ4n) is 1.04. The minimum absolute atomic E-state index is 0.00658. The minimum Gasteiger partial charge on any atom is -0.392 e. The maximum atomic E-state index is 8.82. The highest BCUT2D eigenvalue weighted by Crippen LogP contribution is 2.11. The Balaban J connectivity index is 2.71. The molecule has 0 radical (unpaired) electrons. The van der Waals surface area contributed by atoms with Crippen LogP contribution in [-0.4, -0.2) is 24.0 Å². The molecule has 0 aliphatic heterocycles. The van der Waals surface area contributed by atoms with E-state index in [1.165, 1.54) is 0 Å². The van der Waals surface area contributed by atoms with Crippen LogP contribution in [0.3, 0.4) is 0 Å². The Hall–Kier alpha value is -1.35. The highest BCUT2D eigenvalue weighted by Gasteiger charge is 2.05. The van der Waals surface area contributed by atoms with Crippen molar-refractivity contribution in [2.45, 2.75) is 6.92 Å². The lowest BCUT2D eigenvalue weighted by atomic mass is 10.0. The molecule has 1 aliphatic rings. The normalized spacial score (nSPS) is 19.1. The van der Waals surface area contributed by atoms with Crippen LogP contribution >= 0.6 is 0 Å². The first-order valence-corrected chi connectivity index (χ1v) is 4.30. The van der Waals surface area contributed by atoms with Crippen molar-refractivity contribution in [2.75, 3.05) is 13.2 Å². The summed E-state index contributed by atoms with van der Waals surface area (Å²) in [6.45, 7) is 2.84. The van der Waals surface area contributed by atoms with Gasteiger partial charge in [-0.1, -0.05) is 12.2 Å². The van der Waals surface area contributed by atoms with Gasteiger partial charge in [-0.3, -0.25) is 0 Å². The van der Waals surface area contributed by atoms with E-state index in [1.54, 1.807) is 6.08 Å². The molecule has 70 valence electrons. The van der Waals surface area contributed by atoms with Crippen molar-refractivity contribution in [3.63, 3.8) is 0 Å². The zero-order chi connectivity index (χ0) is 9.68. The maximum Gasteiger partial charge on any atom is 0.0682 e. The van der Waals surface area contributed by atoms with Gasteiger partial charge in [0.05, 0.1) is 12.3 Å². The van der Waals surface area contributed by atoms with Crippen LogP contribution in [0, 0.1) is 5.41 Å². The summed E-state index contributed by atoms with van der Waals surface area (Å²) in [7, 11) is 0. The molecule has 0 aromatic heterocycles. The lowest BCUT2D eigenvalue weighted by Crippen LogP contribution is -2.09. The van der Waals surface area contributed by atoms with Crippen molar-refractivity contribution in [1.29, 1.82) is 5.41 Å². The third-order valence-electron chi connectivity index (χ3n) is 1.76. The number of rotatable bonds is 3. The second-order valence-electron chi connectivity index (χ2n) is 2.78. The van der Waals surface area contributed by atoms with E-state index in [0.29, 0.717) is 5.71 Å². The zero-order valence-corrected chi connectivity index (χ0v) is 7.67. The fourth-order valence-corrected chi connectivity index (χ4v) is 1.04. The monoisotopic (exact) mass is 178 g/mol. The molecule has 0 fully saturated rings. The van der Waals surface area contributed by atoms with Gasteiger partial charge in [0, 0.05) is 18.3 Å². The first-order valence-electron chi connectivity index (χ1n) is 4.30. The molecule has 0 amide bonds. The fraction of sp³-hybridized carbons (Fsp3) is 0.300. The third kappa shape index (κ3) is 2.56. The number of allylic oxidation sites excluding steroid dienone is 3. The van der Waals surface area contributed by atoms with Crippen LogP contribution in [0.4, 0.5) is 0 Å². The largest absolute Gasteiger partial charge is 0.392 e. The van der Waals surface area contributed by atoms with E-state index in [0.717, 1.165) is 17.7 Å². The lowest BCUT2D eigenvalue weighted by Gasteiger charge is -2.08. The van der Waals surface area contributed by atoms with E-state index in [9.17, 15) is 0 Å². The number of nitrogens with one attached hydrogen (secondary N) is 2. The summed E-state index contributed by atoms with van der Waals surface area (Å²) in [6.07, 6.45) is 7.13. The Morgan fingerprint density at radius 3 is 2.85 bits per heavy atom. The Kier molecular flexibility index (Phi) is 3.46. The molecule has 1 aliphatic carbocycles. The van der Waals surface area contributed by atoms with Crippen molar-refractivity contribution in [2.24, 2.45) is 0 Å². The molecule has 0 saturated heterocycles. The van der Waals surface area contributed by atoms with Crippen LogP contribution in [0.25, 0.3) is 0 Å². The molecule has 13 heavy (non-hydrogen) atoms. The number of aliphatic hydroxyl groups is 1. The van der Waals surface area contributed by atoms with Crippen LogP contribution < -0.4 is 5.32 Å². The van der Waals surface area contributed by atoms with Gasteiger partial charge >= 0.3 is 0 Å². The molecule has 0 saturated carbocycles. The predicted molar refractivity (Wildman–Crippen MR) is 53.8 cm³/mol. The number of aliphatic hydroxyl groups excluding tert-OH is 1. The molecule has 0 heterocycles. The molecule has 0 aromatic carbocycles. The molecular weight excluding hydrogens is 164 g/mol. The Morgan fingerprint density at radius 1 is 1.54 bits per heavy atom. The molecule has 0 unspecified atom stereocenters. The molecule has 1 rings (SSSR count). The van der Waals surface area contributed by atoms with Crippen LogP contribution in [0.2, 0.25) is 0 Å². The quantitative estimate of drug-likeness (QED) is 0.603. The second kappa shape index (κ2) is 4.62. The van der Waals surface area contributed by atoms with E-state index >= 15 is 0 Å². The summed E-state index contributed by atoms with van der Waals surface area (Å²) in [5.74, 6) is 0. The van der Waals surface area contributed by atoms with Crippen LogP contribution in [0.5, 0.6) is 0 Å². The van der Waals surface area contributed by atoms with Crippen LogP contribution in [0.1, 0.15) is 6.92 Å². The smallest absolute Gasteiger partial charge is 0.0682 e. The van der Waals surface area contributed by atoms with Gasteiger partial charge in [-0.25, -0.2) is 0 Å². The molecule has 0 spiro atoms. The lowest BCUT2D eigenvalue weighted by molar-refractivity contribution is 0.335. The van der Waals surface area contributed by atoms with Crippen molar-refractivity contribution in [1.82, 2.24) is 5.32 Å². The third-order valence-corrected chi connectivity index (χ3v) is 1.76. The number of hydrogen-bond acceptors (Lipinski definition) is 3. The molecule has 0 atom stereocenters. The SMILES string of the molecule is CCN/C=C1/C=CC(CO)=CC1=N. The van der Waals surface area contributed by atoms with E-state index in [2.05, 4.69) is 5.32 Å². The van der Waals surface area contributed by atoms with E-state index in [-0.39, 0.29) is 6.61 Å². The summed E-state index contributed by atoms with van der Waals surface area (Å²) in [6, 6.07) is 0. The van der Waals surface area contributed by atoms with Crippen LogP contribution in [0.15, 0.2) is 35.6 Å². The van der Waals surface area contributed by atoms with Crippen molar-refractivity contribution in [3.8, 4) is 0 Å². The summed E-state index contributed by atoms with van der Waals surface area (Å²) >= 11 is 0. The maximum absolute atomic E-state index is 8.82. The standard InChI is InChI=1S/C10H14N2O/c1-2-12-6-9-4-3-8(7-13)5-10(9)11/h3-6,11-13H,2,7H2,1H3/b9-6-,11-10?. The first kappa shape index (κ1) is 9.74. The molecule has 3 heteroatoms. The van der Waals surface area contributed by atoms with Crippen molar-refractivity contribution >= 4 is 5.71 Å². The highest BCUT2D eigenvalue weighted by atomic mass is 16.3. The summed E-state index contributed by atoms with van der Waals surface area (Å²) in [5.41, 5.74) is 2.06. The molecule has 0 aromatic rings. The molecule has 3 N–H and O–H groups in total. The zero-order valence-electron chi connectivity index (χ0n) is 7.67. The van der Waals surface area contributed by atoms with Crippen molar-refractivity contribution in [3.05, 3.63) is 35.6 Å². The van der Waals surface area contributed by atoms with Gasteiger partial charge in [0.25, 0.3) is 0 Å². The van der Waals surface area contributed by atoms with Gasteiger partial charge in [0.15, 0.2) is 0 Å². The topological polar surface area (TPSA) is 56.1 Å². The van der Waals surface area contributed by atoms with Crippen LogP contribution in [-0.2, 0) is 0 Å². The van der Waals surface area contributed by atoms with Gasteiger partial charge < -0.3 is 15.8 Å². The minimum atomic E-state index is -0.00658. The Bertz CT molecular complexity index is 287. The summed E-state index contributed by atoms with van der Waals surface area (Å²) in [5, 5.41) is 19.5. The first-order chi connectivity index (χ1) is 6.27. The van der Waals surface area contributed by atoms with Crippen molar-refractivity contribution < 1.29 is 5.11 Å². The predicted octanol–water partition coefficient (Wildman–Crippen LogP) is 0.988. The Labute approximate surface area is 78.0 Å². The van der Waals surface area contributed by atoms with Gasteiger partial charge in [-0.2, -0.15) is 0 Å². The second-order valence-corrected chi connectivity index (χ2v) is 2.78. The summed E-state index contributed by atoms with van der Waals surface area (Å²) < 4.78 is 0. The molecular formula is C10H14N2O. The summed E-state index contributed by atoms with van der Waals surface area (Å²) in [4.78, 5) is 0. The van der Waals surface area contributed by atoms with Gasteiger partial charge in [0.2, 0.25) is 0 Å². The van der Waals surface area contributed by atoms with E-state index < -0.39 is 0 Å². The highest BCUT2D eigenvalue weighted by molar-refractivity contribution is 6.10. The average molecular weight is 178 g/mol.